The Morgan fingerprint density at radius 2 is 2.00 bits per heavy atom. The van der Waals surface area contributed by atoms with Crippen LogP contribution in [-0.2, 0) is 0 Å². The highest BCUT2D eigenvalue weighted by Gasteiger charge is 2.22. The Bertz CT molecular complexity index is 90.7. The summed E-state index contributed by atoms with van der Waals surface area (Å²) in [6, 6.07) is 0. The van der Waals surface area contributed by atoms with Crippen LogP contribution in [0.2, 0.25) is 0 Å². The molecule has 2 atom stereocenters. The zero-order valence-corrected chi connectivity index (χ0v) is 6.97. The normalized spacial score (nSPS) is 33.0. The fourth-order valence-corrected chi connectivity index (χ4v) is 2.06. The molecule has 1 nitrogen and oxygen atoms in total. The minimum absolute atomic E-state index is 0.858. The second-order valence-electron chi connectivity index (χ2n) is 3.57. The molecule has 10 heavy (non-hydrogen) atoms. The molecule has 0 spiro atoms. The van der Waals surface area contributed by atoms with Crippen molar-refractivity contribution in [2.24, 2.45) is 17.6 Å². The number of nitrogens with two attached hydrogens (primary N) is 1. The van der Waals surface area contributed by atoms with Gasteiger partial charge in [-0.05, 0) is 31.2 Å². The van der Waals surface area contributed by atoms with Crippen molar-refractivity contribution in [2.75, 3.05) is 6.54 Å². The Morgan fingerprint density at radius 3 is 2.50 bits per heavy atom. The monoisotopic (exact) mass is 141 g/mol. The van der Waals surface area contributed by atoms with E-state index in [1.807, 2.05) is 0 Å². The highest BCUT2D eigenvalue weighted by Crippen LogP contribution is 2.32. The van der Waals surface area contributed by atoms with Crippen LogP contribution in [0.1, 0.15) is 39.0 Å². The van der Waals surface area contributed by atoms with E-state index in [-0.39, 0.29) is 0 Å². The van der Waals surface area contributed by atoms with E-state index in [1.165, 1.54) is 32.1 Å². The molecule has 0 aromatic rings. The zero-order valence-electron chi connectivity index (χ0n) is 6.97. The lowest BCUT2D eigenvalue weighted by Gasteiger charge is -2.07. The molecular formula is C9H19N. The van der Waals surface area contributed by atoms with Gasteiger partial charge in [0.1, 0.15) is 0 Å². The van der Waals surface area contributed by atoms with E-state index in [1.54, 1.807) is 0 Å². The van der Waals surface area contributed by atoms with Gasteiger partial charge in [0.2, 0.25) is 0 Å². The van der Waals surface area contributed by atoms with Gasteiger partial charge in [-0.15, -0.1) is 0 Å². The molecule has 1 fully saturated rings. The van der Waals surface area contributed by atoms with Gasteiger partial charge >= 0.3 is 0 Å². The van der Waals surface area contributed by atoms with Gasteiger partial charge in [0.05, 0.1) is 0 Å². The summed E-state index contributed by atoms with van der Waals surface area (Å²) in [6.07, 6.45) is 7.01. The van der Waals surface area contributed by atoms with Gasteiger partial charge in [-0.3, -0.25) is 0 Å². The van der Waals surface area contributed by atoms with Crippen molar-refractivity contribution in [1.29, 1.82) is 0 Å². The maximum Gasteiger partial charge on any atom is -0.00488 e. The van der Waals surface area contributed by atoms with Gasteiger partial charge in [-0.2, -0.15) is 0 Å². The molecule has 0 aliphatic heterocycles. The van der Waals surface area contributed by atoms with Crippen molar-refractivity contribution < 1.29 is 0 Å². The second-order valence-corrected chi connectivity index (χ2v) is 3.57. The summed E-state index contributed by atoms with van der Waals surface area (Å²) >= 11 is 0. The maximum absolute atomic E-state index is 5.59. The molecule has 0 bridgehead atoms. The van der Waals surface area contributed by atoms with Crippen LogP contribution < -0.4 is 5.73 Å². The average molecular weight is 141 g/mol. The Morgan fingerprint density at radius 1 is 1.30 bits per heavy atom. The molecule has 1 rings (SSSR count). The molecule has 0 radical (unpaired) electrons. The summed E-state index contributed by atoms with van der Waals surface area (Å²) in [5, 5.41) is 0. The molecule has 1 aliphatic rings. The van der Waals surface area contributed by atoms with E-state index >= 15 is 0 Å². The molecule has 0 saturated heterocycles. The van der Waals surface area contributed by atoms with Gasteiger partial charge < -0.3 is 5.73 Å². The quantitative estimate of drug-likeness (QED) is 0.640. The smallest absolute Gasteiger partial charge is 0.00488 e. The molecule has 1 saturated carbocycles. The molecule has 60 valence electrons. The predicted octanol–water partition coefficient (Wildman–Crippen LogP) is 2.16. The van der Waals surface area contributed by atoms with E-state index < -0.39 is 0 Å². The number of hydrogen-bond donors (Lipinski definition) is 1. The van der Waals surface area contributed by atoms with Gasteiger partial charge in [-0.25, -0.2) is 0 Å². The highest BCUT2D eigenvalue weighted by molar-refractivity contribution is 4.75. The molecule has 2 N–H and O–H groups in total. The van der Waals surface area contributed by atoms with E-state index in [4.69, 9.17) is 5.73 Å². The Balaban J connectivity index is 2.15. The van der Waals surface area contributed by atoms with Crippen LogP contribution in [0.25, 0.3) is 0 Å². The molecule has 0 amide bonds. The standard InChI is InChI=1S/C9H19N/c1-2-3-8-4-5-9(6-8)7-10/h8-9H,2-7,10H2,1H3. The van der Waals surface area contributed by atoms with Gasteiger partial charge in [0, 0.05) is 0 Å². The van der Waals surface area contributed by atoms with Crippen LogP contribution in [0.5, 0.6) is 0 Å². The first-order valence-corrected chi connectivity index (χ1v) is 4.56. The van der Waals surface area contributed by atoms with Crippen molar-refractivity contribution in [1.82, 2.24) is 0 Å². The van der Waals surface area contributed by atoms with Crippen LogP contribution in [0.3, 0.4) is 0 Å². The minimum Gasteiger partial charge on any atom is -0.330 e. The Labute approximate surface area is 64.0 Å². The van der Waals surface area contributed by atoms with Crippen molar-refractivity contribution in [3.8, 4) is 0 Å². The lowest BCUT2D eigenvalue weighted by Crippen LogP contribution is -2.10. The van der Waals surface area contributed by atoms with Crippen LogP contribution in [0.15, 0.2) is 0 Å². The first-order chi connectivity index (χ1) is 4.86. The topological polar surface area (TPSA) is 26.0 Å². The first-order valence-electron chi connectivity index (χ1n) is 4.56. The summed E-state index contributed by atoms with van der Waals surface area (Å²) in [7, 11) is 0. The van der Waals surface area contributed by atoms with E-state index in [0.29, 0.717) is 0 Å². The molecule has 0 aromatic carbocycles. The first kappa shape index (κ1) is 8.06. The van der Waals surface area contributed by atoms with Gasteiger partial charge in [-0.1, -0.05) is 26.2 Å². The SMILES string of the molecule is CCCC1CCC(CN)C1. The second kappa shape index (κ2) is 3.97. The fraction of sp³-hybridized carbons (Fsp3) is 1.00. The summed E-state index contributed by atoms with van der Waals surface area (Å²) in [5.74, 6) is 1.87. The van der Waals surface area contributed by atoms with E-state index in [9.17, 15) is 0 Å². The summed E-state index contributed by atoms with van der Waals surface area (Å²) in [5.41, 5.74) is 5.59. The molecule has 0 aromatic heterocycles. The molecular weight excluding hydrogens is 122 g/mol. The molecule has 2 unspecified atom stereocenters. The maximum atomic E-state index is 5.59. The van der Waals surface area contributed by atoms with E-state index in [2.05, 4.69) is 6.92 Å². The van der Waals surface area contributed by atoms with E-state index in [0.717, 1.165) is 18.4 Å². The van der Waals surface area contributed by atoms with Crippen LogP contribution in [0, 0.1) is 11.8 Å². The third-order valence-electron chi connectivity index (χ3n) is 2.68. The number of rotatable bonds is 3. The highest BCUT2D eigenvalue weighted by atomic mass is 14.6. The largest absolute Gasteiger partial charge is 0.330 e. The lowest BCUT2D eigenvalue weighted by molar-refractivity contribution is 0.464. The van der Waals surface area contributed by atoms with Crippen molar-refractivity contribution >= 4 is 0 Å². The van der Waals surface area contributed by atoms with Crippen molar-refractivity contribution in [3.05, 3.63) is 0 Å². The Hall–Kier alpha value is -0.0400. The summed E-state index contributed by atoms with van der Waals surface area (Å²) in [4.78, 5) is 0. The van der Waals surface area contributed by atoms with Gasteiger partial charge in [0.15, 0.2) is 0 Å². The van der Waals surface area contributed by atoms with Crippen molar-refractivity contribution in [2.45, 2.75) is 39.0 Å². The summed E-state index contributed by atoms with van der Waals surface area (Å²) < 4.78 is 0. The third-order valence-corrected chi connectivity index (χ3v) is 2.68. The molecule has 0 heterocycles. The fourth-order valence-electron chi connectivity index (χ4n) is 2.06. The van der Waals surface area contributed by atoms with Crippen LogP contribution in [-0.4, -0.2) is 6.54 Å². The predicted molar refractivity (Wildman–Crippen MR) is 44.8 cm³/mol. The Kier molecular flexibility index (Phi) is 3.20. The molecule has 1 heteroatoms. The molecule has 1 aliphatic carbocycles. The lowest BCUT2D eigenvalue weighted by atomic mass is 10.0. The van der Waals surface area contributed by atoms with Crippen LogP contribution in [0.4, 0.5) is 0 Å². The number of hydrogen-bond acceptors (Lipinski definition) is 1. The average Bonchev–Trinajstić information content (AvgIpc) is 2.37. The summed E-state index contributed by atoms with van der Waals surface area (Å²) in [6.45, 7) is 3.19. The zero-order chi connectivity index (χ0) is 7.40. The van der Waals surface area contributed by atoms with Crippen LogP contribution >= 0.6 is 0 Å². The minimum atomic E-state index is 0.858. The van der Waals surface area contributed by atoms with Crippen molar-refractivity contribution in [3.63, 3.8) is 0 Å². The third kappa shape index (κ3) is 1.98. The van der Waals surface area contributed by atoms with Gasteiger partial charge in [0.25, 0.3) is 0 Å².